The summed E-state index contributed by atoms with van der Waals surface area (Å²) in [5, 5.41) is 0.634. The summed E-state index contributed by atoms with van der Waals surface area (Å²) in [5.74, 6) is -0.205. The molecular weight excluding hydrogens is 446 g/mol. The molecule has 1 aliphatic heterocycles. The van der Waals surface area contributed by atoms with Crippen molar-refractivity contribution in [2.45, 2.75) is 25.9 Å². The average molecular weight is 466 g/mol. The molecule has 0 spiro atoms. The summed E-state index contributed by atoms with van der Waals surface area (Å²) < 4.78 is 25.3. The predicted octanol–water partition coefficient (Wildman–Crippen LogP) is 2.81. The Hall–Kier alpha value is -2.23. The number of carbonyl (C=O) groups is 1. The number of halogens is 1. The summed E-state index contributed by atoms with van der Waals surface area (Å²) in [6.07, 6.45) is 1.81. The number of sulfone groups is 1. The van der Waals surface area contributed by atoms with Crippen LogP contribution in [-0.2, 0) is 21.2 Å². The van der Waals surface area contributed by atoms with Crippen molar-refractivity contribution in [3.8, 4) is 10.4 Å². The largest absolute Gasteiger partial charge is 0.337 e. The minimum Gasteiger partial charge on any atom is -0.337 e. The molecular formula is C20H20ClN3O4S2. The van der Waals surface area contributed by atoms with Crippen LogP contribution in [-0.4, -0.2) is 52.9 Å². The molecule has 1 atom stereocenters. The Morgan fingerprint density at radius 1 is 1.33 bits per heavy atom. The van der Waals surface area contributed by atoms with E-state index in [1.165, 1.54) is 22.2 Å². The second-order valence-corrected chi connectivity index (χ2v) is 11.0. The molecule has 0 bridgehead atoms. The van der Waals surface area contributed by atoms with Gasteiger partial charge in [0.15, 0.2) is 9.84 Å². The highest BCUT2D eigenvalue weighted by molar-refractivity contribution is 7.91. The average Bonchev–Trinajstić information content (AvgIpc) is 3.29. The first-order valence-corrected chi connectivity index (χ1v) is 12.5. The number of thiophene rings is 1. The third kappa shape index (κ3) is 4.14. The van der Waals surface area contributed by atoms with Crippen LogP contribution < -0.4 is 5.56 Å². The normalized spacial score (nSPS) is 18.0. The van der Waals surface area contributed by atoms with Crippen molar-refractivity contribution in [3.63, 3.8) is 0 Å². The van der Waals surface area contributed by atoms with Crippen molar-refractivity contribution in [2.75, 3.05) is 18.1 Å². The Kier molecular flexibility index (Phi) is 5.69. The lowest BCUT2D eigenvalue weighted by Gasteiger charge is -2.27. The first kappa shape index (κ1) is 21.0. The molecule has 158 valence electrons. The molecule has 30 heavy (non-hydrogen) atoms. The molecule has 3 heterocycles. The lowest BCUT2D eigenvalue weighted by Crippen LogP contribution is -2.43. The van der Waals surface area contributed by atoms with Crippen LogP contribution in [0.1, 0.15) is 13.3 Å². The molecule has 1 aromatic carbocycles. The summed E-state index contributed by atoms with van der Waals surface area (Å²) in [4.78, 5) is 32.6. The molecule has 1 aliphatic rings. The van der Waals surface area contributed by atoms with Crippen molar-refractivity contribution in [1.82, 2.24) is 14.5 Å². The summed E-state index contributed by atoms with van der Waals surface area (Å²) in [6.45, 7) is 2.04. The van der Waals surface area contributed by atoms with E-state index in [0.29, 0.717) is 28.2 Å². The Balaban J connectivity index is 1.60. The van der Waals surface area contributed by atoms with E-state index < -0.39 is 9.84 Å². The molecule has 10 heteroatoms. The van der Waals surface area contributed by atoms with Crippen molar-refractivity contribution < 1.29 is 13.2 Å². The Bertz CT molecular complexity index is 1270. The maximum Gasteiger partial charge on any atom is 0.271 e. The fraction of sp³-hybridized carbons (Fsp3) is 0.350. The van der Waals surface area contributed by atoms with Gasteiger partial charge in [0.25, 0.3) is 5.56 Å². The highest BCUT2D eigenvalue weighted by Crippen LogP contribution is 2.31. The fourth-order valence-corrected chi connectivity index (χ4v) is 6.63. The second kappa shape index (κ2) is 8.13. The van der Waals surface area contributed by atoms with E-state index in [0.717, 1.165) is 10.4 Å². The summed E-state index contributed by atoms with van der Waals surface area (Å²) in [6, 6.07) is 8.84. The minimum atomic E-state index is -3.10. The van der Waals surface area contributed by atoms with Crippen molar-refractivity contribution >= 4 is 48.9 Å². The van der Waals surface area contributed by atoms with Crippen LogP contribution in [0.15, 0.2) is 41.5 Å². The van der Waals surface area contributed by atoms with Gasteiger partial charge in [-0.25, -0.2) is 13.4 Å². The maximum atomic E-state index is 12.9. The van der Waals surface area contributed by atoms with Crippen LogP contribution in [0.2, 0.25) is 5.02 Å². The summed E-state index contributed by atoms with van der Waals surface area (Å²) in [5.41, 5.74) is 1.23. The molecule has 1 saturated heterocycles. The Morgan fingerprint density at radius 3 is 2.70 bits per heavy atom. The highest BCUT2D eigenvalue weighted by atomic mass is 35.5. The summed E-state index contributed by atoms with van der Waals surface area (Å²) >= 11 is 7.26. The molecule has 3 aromatic rings. The van der Waals surface area contributed by atoms with Crippen LogP contribution in [0, 0.1) is 0 Å². The van der Waals surface area contributed by atoms with Gasteiger partial charge in [-0.2, -0.15) is 0 Å². The lowest BCUT2D eigenvalue weighted by molar-refractivity contribution is -0.133. The number of hydrogen-bond acceptors (Lipinski definition) is 6. The van der Waals surface area contributed by atoms with Gasteiger partial charge in [0, 0.05) is 22.5 Å². The molecule has 1 amide bonds. The number of likely N-dealkylation sites (N-methyl/N-ethyl adjacent to an activating group) is 1. The predicted molar refractivity (Wildman–Crippen MR) is 119 cm³/mol. The quantitative estimate of drug-likeness (QED) is 0.578. The molecule has 0 radical (unpaired) electrons. The van der Waals surface area contributed by atoms with Crippen molar-refractivity contribution in [2.24, 2.45) is 0 Å². The fourth-order valence-electron chi connectivity index (χ4n) is 3.71. The van der Waals surface area contributed by atoms with E-state index in [-0.39, 0.29) is 35.6 Å². The summed E-state index contributed by atoms with van der Waals surface area (Å²) in [7, 11) is -3.10. The smallest absolute Gasteiger partial charge is 0.271 e. The lowest BCUT2D eigenvalue weighted by atomic mass is 10.2. The van der Waals surface area contributed by atoms with Crippen LogP contribution >= 0.6 is 22.9 Å². The van der Waals surface area contributed by atoms with E-state index in [4.69, 9.17) is 11.6 Å². The zero-order chi connectivity index (χ0) is 21.5. The van der Waals surface area contributed by atoms with Gasteiger partial charge in [-0.3, -0.25) is 14.2 Å². The standard InChI is InChI=1S/C20H20ClN3O4S2/c1-2-24(15-7-8-30(27,28)11-15)18(25)10-23-12-22-16-9-17(29-19(16)20(23)26)13-3-5-14(21)6-4-13/h3-6,9,12,15H,2,7-8,10-11H2,1H3/t15-/m1/s1. The van der Waals surface area contributed by atoms with E-state index in [1.807, 2.05) is 25.1 Å². The van der Waals surface area contributed by atoms with E-state index in [1.54, 1.807) is 17.0 Å². The van der Waals surface area contributed by atoms with Gasteiger partial charge in [0.1, 0.15) is 11.2 Å². The number of benzene rings is 1. The topological polar surface area (TPSA) is 89.3 Å². The number of amides is 1. The zero-order valence-electron chi connectivity index (χ0n) is 16.2. The number of hydrogen-bond donors (Lipinski definition) is 0. The van der Waals surface area contributed by atoms with E-state index in [2.05, 4.69) is 4.98 Å². The molecule has 0 saturated carbocycles. The molecule has 2 aromatic heterocycles. The number of carbonyl (C=O) groups excluding carboxylic acids is 1. The van der Waals surface area contributed by atoms with E-state index in [9.17, 15) is 18.0 Å². The maximum absolute atomic E-state index is 12.9. The van der Waals surface area contributed by atoms with Gasteiger partial charge in [0.05, 0.1) is 23.3 Å². The Morgan fingerprint density at radius 2 is 2.07 bits per heavy atom. The van der Waals surface area contributed by atoms with Crippen LogP contribution in [0.3, 0.4) is 0 Å². The highest BCUT2D eigenvalue weighted by Gasteiger charge is 2.34. The molecule has 4 rings (SSSR count). The van der Waals surface area contributed by atoms with Gasteiger partial charge in [-0.15, -0.1) is 11.3 Å². The molecule has 1 fully saturated rings. The number of nitrogens with zero attached hydrogens (tertiary/aromatic N) is 3. The second-order valence-electron chi connectivity index (χ2n) is 7.25. The zero-order valence-corrected chi connectivity index (χ0v) is 18.6. The van der Waals surface area contributed by atoms with Gasteiger partial charge in [-0.1, -0.05) is 23.7 Å². The van der Waals surface area contributed by atoms with Crippen molar-refractivity contribution in [1.29, 1.82) is 0 Å². The molecule has 0 unspecified atom stereocenters. The van der Waals surface area contributed by atoms with Gasteiger partial charge in [0.2, 0.25) is 5.91 Å². The van der Waals surface area contributed by atoms with Gasteiger partial charge in [-0.05, 0) is 37.1 Å². The van der Waals surface area contributed by atoms with Crippen LogP contribution in [0.5, 0.6) is 0 Å². The minimum absolute atomic E-state index is 0.0197. The van der Waals surface area contributed by atoms with E-state index >= 15 is 0 Å². The van der Waals surface area contributed by atoms with Crippen LogP contribution in [0.25, 0.3) is 20.7 Å². The van der Waals surface area contributed by atoms with Crippen molar-refractivity contribution in [3.05, 3.63) is 52.0 Å². The number of aromatic nitrogens is 2. The molecule has 0 aliphatic carbocycles. The Labute approximate surface area is 182 Å². The number of fused-ring (bicyclic) bond motifs is 1. The van der Waals surface area contributed by atoms with Gasteiger partial charge < -0.3 is 4.90 Å². The van der Waals surface area contributed by atoms with Crippen LogP contribution in [0.4, 0.5) is 0 Å². The monoisotopic (exact) mass is 465 g/mol. The molecule has 0 N–H and O–H groups in total. The van der Waals surface area contributed by atoms with Gasteiger partial charge >= 0.3 is 0 Å². The third-order valence-electron chi connectivity index (χ3n) is 5.25. The first-order valence-electron chi connectivity index (χ1n) is 9.52. The SMILES string of the molecule is CCN(C(=O)Cn1cnc2cc(-c3ccc(Cl)cc3)sc2c1=O)[C@@H]1CCS(=O)(=O)C1. The third-order valence-corrected chi connectivity index (χ3v) is 8.41. The first-order chi connectivity index (χ1) is 14.3. The number of rotatable bonds is 5. The molecule has 7 nitrogen and oxygen atoms in total.